The molecule has 0 spiro atoms. The van der Waals surface area contributed by atoms with Crippen molar-refractivity contribution in [1.82, 2.24) is 19.3 Å². The second-order valence-electron chi connectivity index (χ2n) is 8.60. The fourth-order valence-electron chi connectivity index (χ4n) is 4.64. The molecule has 1 aliphatic rings. The molecule has 5 rings (SSSR count). The molecular formula is C25H25FN6O2S2. The van der Waals surface area contributed by atoms with Gasteiger partial charge >= 0.3 is 6.09 Å². The number of aromatic nitrogens is 3. The lowest BCUT2D eigenvalue weighted by atomic mass is 9.96. The van der Waals surface area contributed by atoms with Crippen molar-refractivity contribution >= 4 is 44.7 Å². The van der Waals surface area contributed by atoms with E-state index in [9.17, 15) is 19.6 Å². The molecule has 1 N–H and O–H groups in total. The fraction of sp³-hybridized carbons (Fsp3) is 0.360. The Balaban J connectivity index is 1.52. The maximum absolute atomic E-state index is 13.5. The highest BCUT2D eigenvalue weighted by molar-refractivity contribution is 7.17. The van der Waals surface area contributed by atoms with Crippen LogP contribution in [0.5, 0.6) is 0 Å². The zero-order valence-corrected chi connectivity index (χ0v) is 21.6. The van der Waals surface area contributed by atoms with Crippen molar-refractivity contribution in [2.24, 2.45) is 0 Å². The number of likely N-dealkylation sites (tertiary alicyclic amines) is 1. The number of amides is 1. The number of thiazole rings is 2. The van der Waals surface area contributed by atoms with E-state index in [1.807, 2.05) is 6.92 Å². The molecule has 0 aliphatic carbocycles. The minimum atomic E-state index is -0.858. The topological polar surface area (TPSA) is 97.8 Å². The number of carboxylic acid groups (broad SMARTS) is 1. The van der Waals surface area contributed by atoms with Crippen molar-refractivity contribution in [2.45, 2.75) is 39.0 Å². The number of carbonyl (C=O) groups is 1. The number of halogens is 1. The first-order valence-corrected chi connectivity index (χ1v) is 13.5. The highest BCUT2D eigenvalue weighted by Crippen LogP contribution is 2.40. The zero-order valence-electron chi connectivity index (χ0n) is 19.9. The third kappa shape index (κ3) is 4.31. The van der Waals surface area contributed by atoms with Gasteiger partial charge in [-0.05, 0) is 56.4 Å². The van der Waals surface area contributed by atoms with Gasteiger partial charge in [0.2, 0.25) is 0 Å². The van der Waals surface area contributed by atoms with Gasteiger partial charge in [0.15, 0.2) is 10.1 Å². The standard InChI is InChI=1S/C25H25FN6O2S2/c1-3-18-22(32-14-20(36-23(32)28-18)15-9-11-30(12-10-15)25(33)34)31(4-2)24-29-21(19(13-27)35-24)16-5-7-17(26)8-6-16/h5-8,14-15H,3-4,9-12H2,1-2H3,(H,33,34). The van der Waals surface area contributed by atoms with E-state index in [0.717, 1.165) is 35.7 Å². The van der Waals surface area contributed by atoms with Gasteiger partial charge in [-0.1, -0.05) is 18.3 Å². The van der Waals surface area contributed by atoms with Gasteiger partial charge in [0.25, 0.3) is 0 Å². The molecule has 36 heavy (non-hydrogen) atoms. The Labute approximate surface area is 215 Å². The number of aryl methyl sites for hydroxylation is 1. The molecule has 0 unspecified atom stereocenters. The normalized spacial score (nSPS) is 14.3. The maximum Gasteiger partial charge on any atom is 0.407 e. The molecule has 1 amide bonds. The van der Waals surface area contributed by atoms with Crippen LogP contribution in [0, 0.1) is 17.1 Å². The highest BCUT2D eigenvalue weighted by atomic mass is 32.1. The quantitative estimate of drug-likeness (QED) is 0.327. The lowest BCUT2D eigenvalue weighted by Crippen LogP contribution is -2.36. The van der Waals surface area contributed by atoms with E-state index >= 15 is 0 Å². The largest absolute Gasteiger partial charge is 0.465 e. The molecule has 1 aliphatic heterocycles. The van der Waals surface area contributed by atoms with Crippen molar-refractivity contribution in [2.75, 3.05) is 24.5 Å². The predicted octanol–water partition coefficient (Wildman–Crippen LogP) is 6.11. The molecule has 4 aromatic rings. The number of anilines is 2. The number of hydrogen-bond donors (Lipinski definition) is 1. The second-order valence-corrected chi connectivity index (χ2v) is 10.6. The number of hydrogen-bond acceptors (Lipinski definition) is 7. The first-order chi connectivity index (χ1) is 17.4. The molecule has 4 heterocycles. The zero-order chi connectivity index (χ0) is 25.4. The van der Waals surface area contributed by atoms with Crippen LogP contribution < -0.4 is 4.90 Å². The van der Waals surface area contributed by atoms with Crippen molar-refractivity contribution in [3.05, 3.63) is 51.7 Å². The van der Waals surface area contributed by atoms with E-state index < -0.39 is 6.09 Å². The Bertz CT molecular complexity index is 1440. The number of benzene rings is 1. The first kappa shape index (κ1) is 24.2. The summed E-state index contributed by atoms with van der Waals surface area (Å²) >= 11 is 2.97. The van der Waals surface area contributed by atoms with Crippen LogP contribution in [0.3, 0.4) is 0 Å². The van der Waals surface area contributed by atoms with E-state index in [-0.39, 0.29) is 5.82 Å². The molecule has 0 radical (unpaired) electrons. The van der Waals surface area contributed by atoms with Crippen molar-refractivity contribution in [1.29, 1.82) is 5.26 Å². The van der Waals surface area contributed by atoms with Crippen molar-refractivity contribution in [3.8, 4) is 17.3 Å². The van der Waals surface area contributed by atoms with E-state index in [1.54, 1.807) is 23.5 Å². The molecule has 0 atom stereocenters. The third-order valence-corrected chi connectivity index (χ3v) is 8.66. The summed E-state index contributed by atoms with van der Waals surface area (Å²) in [7, 11) is 0. The lowest BCUT2D eigenvalue weighted by Gasteiger charge is -2.29. The van der Waals surface area contributed by atoms with E-state index in [2.05, 4.69) is 28.5 Å². The van der Waals surface area contributed by atoms with Gasteiger partial charge in [-0.25, -0.2) is 19.2 Å². The minimum absolute atomic E-state index is 0.301. The molecule has 0 bridgehead atoms. The van der Waals surface area contributed by atoms with Gasteiger partial charge in [-0.3, -0.25) is 4.40 Å². The van der Waals surface area contributed by atoms with Crippen LogP contribution in [0.15, 0.2) is 30.5 Å². The van der Waals surface area contributed by atoms with Crippen LogP contribution in [0.4, 0.5) is 20.1 Å². The third-order valence-electron chi connectivity index (χ3n) is 6.53. The summed E-state index contributed by atoms with van der Waals surface area (Å²) in [6.07, 6.45) is 3.60. The van der Waals surface area contributed by atoms with E-state index in [1.165, 1.54) is 33.2 Å². The van der Waals surface area contributed by atoms with Crippen LogP contribution in [-0.2, 0) is 6.42 Å². The summed E-state index contributed by atoms with van der Waals surface area (Å²) < 4.78 is 15.6. The van der Waals surface area contributed by atoms with Gasteiger partial charge in [-0.2, -0.15) is 5.26 Å². The van der Waals surface area contributed by atoms with E-state index in [4.69, 9.17) is 9.97 Å². The summed E-state index contributed by atoms with van der Waals surface area (Å²) in [6.45, 7) is 5.81. The molecule has 0 saturated carbocycles. The van der Waals surface area contributed by atoms with Crippen LogP contribution in [-0.4, -0.2) is 50.1 Å². The first-order valence-electron chi connectivity index (χ1n) is 11.9. The van der Waals surface area contributed by atoms with E-state index in [0.29, 0.717) is 46.8 Å². The molecular weight excluding hydrogens is 499 g/mol. The SMILES string of the molecule is CCc1nc2sc(C3CCN(C(=O)O)CC3)cn2c1N(CC)c1nc(-c2ccc(F)cc2)c(C#N)s1. The molecule has 1 saturated heterocycles. The highest BCUT2D eigenvalue weighted by Gasteiger charge is 2.28. The number of rotatable bonds is 6. The van der Waals surface area contributed by atoms with Crippen LogP contribution in [0.25, 0.3) is 16.2 Å². The predicted molar refractivity (Wildman–Crippen MR) is 139 cm³/mol. The number of nitrogens with zero attached hydrogens (tertiary/aromatic N) is 6. The van der Waals surface area contributed by atoms with Crippen LogP contribution in [0.1, 0.15) is 48.1 Å². The molecule has 3 aromatic heterocycles. The Morgan fingerprint density at radius 2 is 1.94 bits per heavy atom. The Morgan fingerprint density at radius 3 is 2.56 bits per heavy atom. The van der Waals surface area contributed by atoms with Gasteiger partial charge in [0.1, 0.15) is 28.3 Å². The molecule has 186 valence electrons. The average Bonchev–Trinajstić information content (AvgIpc) is 3.59. The molecule has 8 nitrogen and oxygen atoms in total. The van der Waals surface area contributed by atoms with Gasteiger partial charge in [-0.15, -0.1) is 11.3 Å². The van der Waals surface area contributed by atoms with Crippen molar-refractivity contribution in [3.63, 3.8) is 0 Å². The fourth-order valence-corrected chi connectivity index (χ4v) is 6.76. The Morgan fingerprint density at radius 1 is 1.22 bits per heavy atom. The number of nitriles is 1. The monoisotopic (exact) mass is 524 g/mol. The summed E-state index contributed by atoms with van der Waals surface area (Å²) in [6, 6.07) is 8.27. The number of piperidine rings is 1. The summed E-state index contributed by atoms with van der Waals surface area (Å²) in [4.78, 5) is 27.1. The van der Waals surface area contributed by atoms with Crippen molar-refractivity contribution < 1.29 is 14.3 Å². The van der Waals surface area contributed by atoms with Gasteiger partial charge in [0.05, 0.1) is 5.69 Å². The summed E-state index contributed by atoms with van der Waals surface area (Å²) in [5.74, 6) is 0.902. The average molecular weight is 525 g/mol. The molecule has 1 fully saturated rings. The Hall–Kier alpha value is -3.49. The van der Waals surface area contributed by atoms with Gasteiger partial charge < -0.3 is 14.9 Å². The lowest BCUT2D eigenvalue weighted by molar-refractivity contribution is 0.132. The Kier molecular flexibility index (Phi) is 6.64. The summed E-state index contributed by atoms with van der Waals surface area (Å²) in [5, 5.41) is 19.7. The smallest absolute Gasteiger partial charge is 0.407 e. The van der Waals surface area contributed by atoms with Crippen LogP contribution in [0.2, 0.25) is 0 Å². The number of fused-ring (bicyclic) bond motifs is 1. The maximum atomic E-state index is 13.5. The van der Waals surface area contributed by atoms with Gasteiger partial charge in [0, 0.05) is 36.3 Å². The molecule has 1 aromatic carbocycles. The summed E-state index contributed by atoms with van der Waals surface area (Å²) in [5.41, 5.74) is 2.20. The second kappa shape index (κ2) is 9.87. The number of imidazole rings is 1. The minimum Gasteiger partial charge on any atom is -0.465 e. The van der Waals surface area contributed by atoms with Crippen LogP contribution >= 0.6 is 22.7 Å². The molecule has 11 heteroatoms.